The van der Waals surface area contributed by atoms with Crippen LogP contribution in [0.3, 0.4) is 0 Å². The molecule has 0 saturated carbocycles. The van der Waals surface area contributed by atoms with Gasteiger partial charge in [-0.3, -0.25) is 4.68 Å². The van der Waals surface area contributed by atoms with E-state index in [2.05, 4.69) is 5.10 Å². The number of rotatable bonds is 1. The molecule has 108 valence electrons. The molecule has 2 rings (SSSR count). The summed E-state index contributed by atoms with van der Waals surface area (Å²) in [6, 6.07) is 8.39. The van der Waals surface area contributed by atoms with Crippen LogP contribution in [-0.2, 0) is 11.7 Å². The molecule has 0 amide bonds. The summed E-state index contributed by atoms with van der Waals surface area (Å²) in [7, 11) is 0. The number of halogens is 3. The topological polar surface area (TPSA) is 17.8 Å². The minimum atomic E-state index is -4.41. The summed E-state index contributed by atoms with van der Waals surface area (Å²) in [5.74, 6) is 0. The Hall–Kier alpha value is -1.78. The number of nitrogens with zero attached hydrogens (tertiary/aromatic N) is 2. The number of hydrogen-bond acceptors (Lipinski definition) is 1. The molecular formula is C15H17F3N2. The van der Waals surface area contributed by atoms with Crippen LogP contribution in [-0.4, -0.2) is 9.78 Å². The van der Waals surface area contributed by atoms with Crippen molar-refractivity contribution in [3.63, 3.8) is 0 Å². The fourth-order valence-corrected chi connectivity index (χ4v) is 1.96. The van der Waals surface area contributed by atoms with Gasteiger partial charge < -0.3 is 0 Å². The van der Waals surface area contributed by atoms with Gasteiger partial charge in [0, 0.05) is 5.56 Å². The molecular weight excluding hydrogens is 265 g/mol. The highest BCUT2D eigenvalue weighted by Crippen LogP contribution is 2.35. The quantitative estimate of drug-likeness (QED) is 0.745. The fourth-order valence-electron chi connectivity index (χ4n) is 1.96. The van der Waals surface area contributed by atoms with Crippen molar-refractivity contribution in [1.82, 2.24) is 9.78 Å². The van der Waals surface area contributed by atoms with E-state index >= 15 is 0 Å². The average molecular weight is 282 g/mol. The van der Waals surface area contributed by atoms with Crippen molar-refractivity contribution in [3.8, 4) is 11.3 Å². The van der Waals surface area contributed by atoms with Gasteiger partial charge in [-0.2, -0.15) is 18.3 Å². The van der Waals surface area contributed by atoms with E-state index in [1.165, 1.54) is 0 Å². The monoisotopic (exact) mass is 282 g/mol. The Morgan fingerprint density at radius 1 is 1.00 bits per heavy atom. The van der Waals surface area contributed by atoms with Gasteiger partial charge in [0.15, 0.2) is 0 Å². The van der Waals surface area contributed by atoms with Crippen molar-refractivity contribution in [2.45, 2.75) is 39.4 Å². The molecule has 5 heteroatoms. The SMILES string of the molecule is Cc1ccc(-c2cc(C(F)(F)F)n(C(C)(C)C)n2)cc1. The van der Waals surface area contributed by atoms with Crippen LogP contribution in [0.1, 0.15) is 32.0 Å². The Bertz CT molecular complexity index is 570. The van der Waals surface area contributed by atoms with E-state index < -0.39 is 17.4 Å². The molecule has 0 N–H and O–H groups in total. The number of alkyl halides is 3. The second kappa shape index (κ2) is 4.65. The lowest BCUT2D eigenvalue weighted by Crippen LogP contribution is -2.28. The summed E-state index contributed by atoms with van der Waals surface area (Å²) in [5.41, 5.74) is 0.630. The number of benzene rings is 1. The summed E-state index contributed by atoms with van der Waals surface area (Å²) < 4.78 is 40.4. The van der Waals surface area contributed by atoms with Gasteiger partial charge in [-0.15, -0.1) is 0 Å². The molecule has 0 unspecified atom stereocenters. The number of hydrogen-bond donors (Lipinski definition) is 0. The van der Waals surface area contributed by atoms with E-state index in [0.29, 0.717) is 11.3 Å². The van der Waals surface area contributed by atoms with Gasteiger partial charge >= 0.3 is 6.18 Å². The molecule has 0 bridgehead atoms. The smallest absolute Gasteiger partial charge is 0.255 e. The molecule has 1 heterocycles. The minimum absolute atomic E-state index is 0.340. The first-order valence-corrected chi connectivity index (χ1v) is 6.34. The standard InChI is InChI=1S/C15H17F3N2/c1-10-5-7-11(8-6-10)12-9-13(15(16,17)18)20(19-12)14(2,3)4/h5-9H,1-4H3. The van der Waals surface area contributed by atoms with Crippen LogP contribution in [0.2, 0.25) is 0 Å². The summed E-state index contributed by atoms with van der Waals surface area (Å²) >= 11 is 0. The van der Waals surface area contributed by atoms with Crippen molar-refractivity contribution in [3.05, 3.63) is 41.6 Å². The molecule has 0 aliphatic heterocycles. The molecule has 0 aliphatic carbocycles. The largest absolute Gasteiger partial charge is 0.433 e. The average Bonchev–Trinajstić information content (AvgIpc) is 2.74. The van der Waals surface area contributed by atoms with Gasteiger partial charge in [0.2, 0.25) is 0 Å². The van der Waals surface area contributed by atoms with Crippen LogP contribution in [0.15, 0.2) is 30.3 Å². The lowest BCUT2D eigenvalue weighted by Gasteiger charge is -2.23. The van der Waals surface area contributed by atoms with Gasteiger partial charge in [0.25, 0.3) is 0 Å². The van der Waals surface area contributed by atoms with Crippen molar-refractivity contribution in [2.24, 2.45) is 0 Å². The van der Waals surface area contributed by atoms with Crippen LogP contribution in [0.4, 0.5) is 13.2 Å². The third-order valence-corrected chi connectivity index (χ3v) is 2.98. The predicted molar refractivity (Wildman–Crippen MR) is 72.4 cm³/mol. The van der Waals surface area contributed by atoms with Gasteiger partial charge in [-0.25, -0.2) is 0 Å². The summed E-state index contributed by atoms with van der Waals surface area (Å²) in [5, 5.41) is 4.14. The number of aromatic nitrogens is 2. The van der Waals surface area contributed by atoms with Gasteiger partial charge in [-0.05, 0) is 33.8 Å². The van der Waals surface area contributed by atoms with Crippen molar-refractivity contribution in [2.75, 3.05) is 0 Å². The summed E-state index contributed by atoms with van der Waals surface area (Å²) in [4.78, 5) is 0. The Morgan fingerprint density at radius 3 is 1.95 bits per heavy atom. The van der Waals surface area contributed by atoms with Gasteiger partial charge in [0.1, 0.15) is 5.69 Å². The predicted octanol–water partition coefficient (Wildman–Crippen LogP) is 4.63. The Morgan fingerprint density at radius 2 is 1.55 bits per heavy atom. The highest BCUT2D eigenvalue weighted by molar-refractivity contribution is 5.60. The zero-order valence-corrected chi connectivity index (χ0v) is 11.9. The summed E-state index contributed by atoms with van der Waals surface area (Å²) in [6.45, 7) is 7.04. The third kappa shape index (κ3) is 2.86. The molecule has 1 aromatic heterocycles. The van der Waals surface area contributed by atoms with E-state index in [0.717, 1.165) is 16.3 Å². The van der Waals surface area contributed by atoms with Crippen LogP contribution >= 0.6 is 0 Å². The van der Waals surface area contributed by atoms with E-state index in [9.17, 15) is 13.2 Å². The molecule has 2 aromatic rings. The van der Waals surface area contributed by atoms with Gasteiger partial charge in [-0.1, -0.05) is 29.8 Å². The first-order valence-electron chi connectivity index (χ1n) is 6.34. The van der Waals surface area contributed by atoms with Crippen LogP contribution < -0.4 is 0 Å². The Kier molecular flexibility index (Phi) is 3.40. The van der Waals surface area contributed by atoms with E-state index in [4.69, 9.17) is 0 Å². The summed E-state index contributed by atoms with van der Waals surface area (Å²) in [6.07, 6.45) is -4.41. The normalized spacial score (nSPS) is 12.8. The highest BCUT2D eigenvalue weighted by atomic mass is 19.4. The zero-order valence-electron chi connectivity index (χ0n) is 11.9. The molecule has 0 radical (unpaired) electrons. The molecule has 0 saturated heterocycles. The molecule has 0 atom stereocenters. The molecule has 0 aliphatic rings. The Labute approximate surface area is 116 Å². The van der Waals surface area contributed by atoms with Crippen LogP contribution in [0, 0.1) is 6.92 Å². The van der Waals surface area contributed by atoms with E-state index in [1.54, 1.807) is 32.9 Å². The van der Waals surface area contributed by atoms with Crippen LogP contribution in [0.5, 0.6) is 0 Å². The van der Waals surface area contributed by atoms with Gasteiger partial charge in [0.05, 0.1) is 11.2 Å². The lowest BCUT2D eigenvalue weighted by molar-refractivity contribution is -0.146. The van der Waals surface area contributed by atoms with Crippen molar-refractivity contribution >= 4 is 0 Å². The van der Waals surface area contributed by atoms with E-state index in [1.807, 2.05) is 19.1 Å². The first-order chi connectivity index (χ1) is 9.09. The maximum absolute atomic E-state index is 13.1. The minimum Gasteiger partial charge on any atom is -0.255 e. The molecule has 1 aromatic carbocycles. The van der Waals surface area contributed by atoms with E-state index in [-0.39, 0.29) is 0 Å². The zero-order chi connectivity index (χ0) is 15.1. The number of aryl methyl sites for hydroxylation is 1. The highest BCUT2D eigenvalue weighted by Gasteiger charge is 2.38. The second-order valence-electron chi connectivity index (χ2n) is 5.86. The molecule has 0 spiro atoms. The molecule has 0 fully saturated rings. The third-order valence-electron chi connectivity index (χ3n) is 2.98. The van der Waals surface area contributed by atoms with Crippen molar-refractivity contribution < 1.29 is 13.2 Å². The van der Waals surface area contributed by atoms with Crippen molar-refractivity contribution in [1.29, 1.82) is 0 Å². The fraction of sp³-hybridized carbons (Fsp3) is 0.400. The lowest BCUT2D eigenvalue weighted by atomic mass is 10.1. The van der Waals surface area contributed by atoms with Crippen LogP contribution in [0.25, 0.3) is 11.3 Å². The molecule has 2 nitrogen and oxygen atoms in total. The molecule has 20 heavy (non-hydrogen) atoms. The second-order valence-corrected chi connectivity index (χ2v) is 5.86. The first kappa shape index (κ1) is 14.6. The maximum Gasteiger partial charge on any atom is 0.433 e. The Balaban J connectivity index is 2.57. The maximum atomic E-state index is 13.1.